The van der Waals surface area contributed by atoms with Crippen molar-refractivity contribution in [3.63, 3.8) is 0 Å². The second-order valence-electron chi connectivity index (χ2n) is 5.15. The molecule has 0 aromatic carbocycles. The van der Waals surface area contributed by atoms with Gasteiger partial charge in [0.1, 0.15) is 11.4 Å². The summed E-state index contributed by atoms with van der Waals surface area (Å²) in [5.41, 5.74) is 1.42. The van der Waals surface area contributed by atoms with E-state index in [1.54, 1.807) is 19.2 Å². The molecule has 0 aliphatic heterocycles. The predicted octanol–water partition coefficient (Wildman–Crippen LogP) is 1.36. The molecular formula is C14H19N5O3. The van der Waals surface area contributed by atoms with Crippen molar-refractivity contribution < 1.29 is 14.3 Å². The van der Waals surface area contributed by atoms with Crippen LogP contribution in [0.2, 0.25) is 0 Å². The molecule has 2 rings (SSSR count). The molecule has 3 N–H and O–H groups in total. The number of ether oxygens (including phenoxy) is 1. The van der Waals surface area contributed by atoms with Gasteiger partial charge in [-0.3, -0.25) is 4.79 Å². The van der Waals surface area contributed by atoms with Gasteiger partial charge in [0.05, 0.1) is 6.61 Å². The molecule has 1 amide bonds. The highest BCUT2D eigenvalue weighted by atomic mass is 16.5. The van der Waals surface area contributed by atoms with Crippen LogP contribution in [-0.4, -0.2) is 45.4 Å². The van der Waals surface area contributed by atoms with Crippen LogP contribution >= 0.6 is 0 Å². The van der Waals surface area contributed by atoms with Gasteiger partial charge < -0.3 is 15.0 Å². The van der Waals surface area contributed by atoms with Crippen LogP contribution in [-0.2, 0) is 4.74 Å². The SMILES string of the molecule is CCOC(=O)c1n[nH]nc1-c1c[nH]c(C(=O)NCC(C)C)c1. The van der Waals surface area contributed by atoms with E-state index in [1.807, 2.05) is 13.8 Å². The third-order valence-electron chi connectivity index (χ3n) is 2.89. The van der Waals surface area contributed by atoms with Gasteiger partial charge in [0, 0.05) is 18.3 Å². The number of aromatic nitrogens is 4. The van der Waals surface area contributed by atoms with E-state index in [-0.39, 0.29) is 18.2 Å². The number of carbonyl (C=O) groups excluding carboxylic acids is 2. The number of esters is 1. The molecule has 8 nitrogen and oxygen atoms in total. The molecule has 0 atom stereocenters. The Labute approximate surface area is 127 Å². The van der Waals surface area contributed by atoms with Crippen LogP contribution in [0.4, 0.5) is 0 Å². The van der Waals surface area contributed by atoms with Crippen LogP contribution in [0.3, 0.4) is 0 Å². The molecule has 2 aromatic heterocycles. The average Bonchev–Trinajstić information content (AvgIpc) is 3.13. The van der Waals surface area contributed by atoms with E-state index >= 15 is 0 Å². The van der Waals surface area contributed by atoms with E-state index in [4.69, 9.17) is 4.74 Å². The number of aromatic amines is 2. The first-order valence-corrected chi connectivity index (χ1v) is 7.07. The summed E-state index contributed by atoms with van der Waals surface area (Å²) in [6, 6.07) is 1.62. The Bertz CT molecular complexity index is 659. The van der Waals surface area contributed by atoms with Gasteiger partial charge in [-0.1, -0.05) is 13.8 Å². The molecule has 0 aliphatic rings. The summed E-state index contributed by atoms with van der Waals surface area (Å²) >= 11 is 0. The maximum Gasteiger partial charge on any atom is 0.361 e. The summed E-state index contributed by atoms with van der Waals surface area (Å²) in [4.78, 5) is 26.6. The van der Waals surface area contributed by atoms with E-state index < -0.39 is 5.97 Å². The van der Waals surface area contributed by atoms with Crippen LogP contribution in [0.1, 0.15) is 41.7 Å². The zero-order valence-electron chi connectivity index (χ0n) is 12.8. The number of amides is 1. The maximum atomic E-state index is 12.0. The van der Waals surface area contributed by atoms with Gasteiger partial charge in [0.2, 0.25) is 0 Å². The Morgan fingerprint density at radius 3 is 2.82 bits per heavy atom. The molecule has 2 aromatic rings. The zero-order valence-corrected chi connectivity index (χ0v) is 12.8. The summed E-state index contributed by atoms with van der Waals surface area (Å²) in [6.07, 6.45) is 1.60. The fourth-order valence-electron chi connectivity index (χ4n) is 1.83. The van der Waals surface area contributed by atoms with E-state index in [9.17, 15) is 9.59 Å². The van der Waals surface area contributed by atoms with Gasteiger partial charge in [0.15, 0.2) is 5.69 Å². The molecule has 118 valence electrons. The number of nitrogens with one attached hydrogen (secondary N) is 3. The molecule has 0 bridgehead atoms. The van der Waals surface area contributed by atoms with Crippen LogP contribution in [0.15, 0.2) is 12.3 Å². The number of nitrogens with zero attached hydrogens (tertiary/aromatic N) is 2. The molecule has 8 heteroatoms. The van der Waals surface area contributed by atoms with Crippen molar-refractivity contribution in [1.29, 1.82) is 0 Å². The highest BCUT2D eigenvalue weighted by molar-refractivity contribution is 5.96. The van der Waals surface area contributed by atoms with Gasteiger partial charge in [-0.15, -0.1) is 5.10 Å². The smallest absolute Gasteiger partial charge is 0.361 e. The molecule has 2 heterocycles. The normalized spacial score (nSPS) is 10.7. The van der Waals surface area contributed by atoms with Gasteiger partial charge in [-0.2, -0.15) is 10.3 Å². The molecular weight excluding hydrogens is 286 g/mol. The first kappa shape index (κ1) is 15.7. The number of hydrogen-bond acceptors (Lipinski definition) is 5. The average molecular weight is 305 g/mol. The largest absolute Gasteiger partial charge is 0.461 e. The Kier molecular flexibility index (Phi) is 4.92. The molecule has 0 spiro atoms. The highest BCUT2D eigenvalue weighted by Crippen LogP contribution is 2.21. The van der Waals surface area contributed by atoms with Crippen molar-refractivity contribution >= 4 is 11.9 Å². The minimum Gasteiger partial charge on any atom is -0.461 e. The predicted molar refractivity (Wildman–Crippen MR) is 79.3 cm³/mol. The Morgan fingerprint density at radius 1 is 1.36 bits per heavy atom. The Balaban J connectivity index is 2.17. The van der Waals surface area contributed by atoms with Crippen molar-refractivity contribution in [3.05, 3.63) is 23.7 Å². The third-order valence-corrected chi connectivity index (χ3v) is 2.89. The lowest BCUT2D eigenvalue weighted by molar-refractivity contribution is 0.0520. The molecule has 0 radical (unpaired) electrons. The van der Waals surface area contributed by atoms with E-state index in [1.165, 1.54) is 0 Å². The Morgan fingerprint density at radius 2 is 2.14 bits per heavy atom. The number of hydrogen-bond donors (Lipinski definition) is 3. The summed E-state index contributed by atoms with van der Waals surface area (Å²) < 4.78 is 4.92. The lowest BCUT2D eigenvalue weighted by Crippen LogP contribution is -2.27. The summed E-state index contributed by atoms with van der Waals surface area (Å²) in [5.74, 6) is -0.399. The van der Waals surface area contributed by atoms with Gasteiger partial charge in [-0.05, 0) is 18.9 Å². The van der Waals surface area contributed by atoms with Gasteiger partial charge in [0.25, 0.3) is 5.91 Å². The van der Waals surface area contributed by atoms with Crippen LogP contribution in [0.5, 0.6) is 0 Å². The van der Waals surface area contributed by atoms with E-state index in [0.29, 0.717) is 29.4 Å². The quantitative estimate of drug-likeness (QED) is 0.697. The van der Waals surface area contributed by atoms with Crippen molar-refractivity contribution in [2.75, 3.05) is 13.2 Å². The molecule has 22 heavy (non-hydrogen) atoms. The monoisotopic (exact) mass is 305 g/mol. The van der Waals surface area contributed by atoms with Crippen molar-refractivity contribution in [3.8, 4) is 11.3 Å². The second kappa shape index (κ2) is 6.88. The minimum atomic E-state index is -0.557. The van der Waals surface area contributed by atoms with Crippen molar-refractivity contribution in [2.45, 2.75) is 20.8 Å². The molecule has 0 saturated heterocycles. The van der Waals surface area contributed by atoms with Crippen molar-refractivity contribution in [2.24, 2.45) is 5.92 Å². The lowest BCUT2D eigenvalue weighted by Gasteiger charge is -2.05. The topological polar surface area (TPSA) is 113 Å². The standard InChI is InChI=1S/C14H19N5O3/c1-4-22-14(21)12-11(17-19-18-12)9-5-10(15-7-9)13(20)16-6-8(2)3/h5,7-8,15H,4,6H2,1-3H3,(H,16,20)(H,17,18,19). The summed E-state index contributed by atoms with van der Waals surface area (Å²) in [5, 5.41) is 13.0. The fourth-order valence-corrected chi connectivity index (χ4v) is 1.83. The van der Waals surface area contributed by atoms with Crippen molar-refractivity contribution in [1.82, 2.24) is 25.7 Å². The van der Waals surface area contributed by atoms with Crippen LogP contribution in [0, 0.1) is 5.92 Å². The summed E-state index contributed by atoms with van der Waals surface area (Å²) in [6.45, 7) is 6.58. The second-order valence-corrected chi connectivity index (χ2v) is 5.15. The third kappa shape index (κ3) is 3.51. The molecule has 0 fully saturated rings. The minimum absolute atomic E-state index is 0.0926. The maximum absolute atomic E-state index is 12.0. The van der Waals surface area contributed by atoms with Gasteiger partial charge >= 0.3 is 5.97 Å². The first-order valence-electron chi connectivity index (χ1n) is 7.07. The number of rotatable bonds is 6. The molecule has 0 saturated carbocycles. The highest BCUT2D eigenvalue weighted by Gasteiger charge is 2.20. The van der Waals surface area contributed by atoms with Crippen LogP contribution in [0.25, 0.3) is 11.3 Å². The molecule has 0 unspecified atom stereocenters. The van der Waals surface area contributed by atoms with E-state index in [0.717, 1.165) is 0 Å². The number of carbonyl (C=O) groups is 2. The van der Waals surface area contributed by atoms with Crippen LogP contribution < -0.4 is 5.32 Å². The lowest BCUT2D eigenvalue weighted by atomic mass is 10.2. The summed E-state index contributed by atoms with van der Waals surface area (Å²) in [7, 11) is 0. The molecule has 0 aliphatic carbocycles. The van der Waals surface area contributed by atoms with E-state index in [2.05, 4.69) is 25.7 Å². The number of H-pyrrole nitrogens is 2. The Hall–Kier alpha value is -2.64. The first-order chi connectivity index (χ1) is 10.5. The fraction of sp³-hybridized carbons (Fsp3) is 0.429. The zero-order chi connectivity index (χ0) is 16.1. The van der Waals surface area contributed by atoms with Gasteiger partial charge in [-0.25, -0.2) is 4.79 Å².